The lowest BCUT2D eigenvalue weighted by Gasteiger charge is -2.09. The van der Waals surface area contributed by atoms with Gasteiger partial charge in [-0.2, -0.15) is 0 Å². The molecular formula is C15H11FN2O2S. The molecule has 0 fully saturated rings. The van der Waals surface area contributed by atoms with Crippen molar-refractivity contribution in [1.29, 1.82) is 0 Å². The van der Waals surface area contributed by atoms with Crippen LogP contribution in [0.2, 0.25) is 0 Å². The van der Waals surface area contributed by atoms with E-state index in [1.807, 2.05) is 24.3 Å². The topological polar surface area (TPSA) is 51.0 Å². The summed E-state index contributed by atoms with van der Waals surface area (Å²) in [7, 11) is 1.55. The Morgan fingerprint density at radius 2 is 2.00 bits per heavy atom. The maximum Gasteiger partial charge on any atom is 0.284 e. The lowest BCUT2D eigenvalue weighted by atomic mass is 10.0. The summed E-state index contributed by atoms with van der Waals surface area (Å²) in [5.74, 6) is 0.655. The van der Waals surface area contributed by atoms with Crippen molar-refractivity contribution in [3.8, 4) is 28.3 Å². The van der Waals surface area contributed by atoms with E-state index in [2.05, 4.69) is 10.2 Å². The molecule has 3 aromatic rings. The van der Waals surface area contributed by atoms with Crippen molar-refractivity contribution in [1.82, 2.24) is 10.2 Å². The number of methoxy groups -OCH3 is 1. The number of aromatic amines is 1. The second-order valence-electron chi connectivity index (χ2n) is 4.34. The zero-order valence-corrected chi connectivity index (χ0v) is 11.9. The summed E-state index contributed by atoms with van der Waals surface area (Å²) in [6, 6.07) is 11.8. The van der Waals surface area contributed by atoms with Crippen LogP contribution in [-0.4, -0.2) is 17.3 Å². The maximum atomic E-state index is 13.5. The number of rotatable bonds is 3. The molecule has 106 valence electrons. The van der Waals surface area contributed by atoms with Gasteiger partial charge in [-0.25, -0.2) is 9.49 Å². The molecule has 0 aliphatic carbocycles. The van der Waals surface area contributed by atoms with E-state index in [-0.39, 0.29) is 10.7 Å². The monoisotopic (exact) mass is 302 g/mol. The van der Waals surface area contributed by atoms with Gasteiger partial charge in [-0.05, 0) is 48.1 Å². The Bertz CT molecular complexity index is 841. The number of H-pyrrole nitrogens is 1. The summed E-state index contributed by atoms with van der Waals surface area (Å²) >= 11 is 4.86. The van der Waals surface area contributed by atoms with Crippen molar-refractivity contribution in [3.05, 3.63) is 53.1 Å². The van der Waals surface area contributed by atoms with Gasteiger partial charge in [0.1, 0.15) is 11.6 Å². The molecular weight excluding hydrogens is 291 g/mol. The highest BCUT2D eigenvalue weighted by molar-refractivity contribution is 7.71. The molecule has 0 aliphatic rings. The molecule has 6 heteroatoms. The molecule has 4 nitrogen and oxygen atoms in total. The molecule has 0 amide bonds. The van der Waals surface area contributed by atoms with Crippen LogP contribution in [0.5, 0.6) is 5.75 Å². The largest absolute Gasteiger partial charge is 0.496 e. The van der Waals surface area contributed by atoms with Gasteiger partial charge in [-0.3, -0.25) is 0 Å². The van der Waals surface area contributed by atoms with Gasteiger partial charge in [-0.1, -0.05) is 12.1 Å². The predicted molar refractivity (Wildman–Crippen MR) is 79.1 cm³/mol. The molecule has 1 heterocycles. The van der Waals surface area contributed by atoms with Gasteiger partial charge in [-0.15, -0.1) is 5.10 Å². The van der Waals surface area contributed by atoms with Gasteiger partial charge >= 0.3 is 0 Å². The highest BCUT2D eigenvalue weighted by Crippen LogP contribution is 2.32. The molecule has 3 rings (SSSR count). The summed E-state index contributed by atoms with van der Waals surface area (Å²) in [5.41, 5.74) is 2.20. The van der Waals surface area contributed by atoms with Crippen molar-refractivity contribution in [2.75, 3.05) is 7.11 Å². The van der Waals surface area contributed by atoms with Crippen LogP contribution >= 0.6 is 12.2 Å². The first-order valence-corrected chi connectivity index (χ1v) is 6.58. The summed E-state index contributed by atoms with van der Waals surface area (Å²) < 4.78 is 24.1. The smallest absolute Gasteiger partial charge is 0.284 e. The Balaban J connectivity index is 2.12. The Morgan fingerprint density at radius 1 is 1.19 bits per heavy atom. The molecule has 0 spiro atoms. The fourth-order valence-electron chi connectivity index (χ4n) is 2.08. The van der Waals surface area contributed by atoms with Crippen LogP contribution in [0.15, 0.2) is 46.9 Å². The third kappa shape index (κ3) is 2.71. The lowest BCUT2D eigenvalue weighted by Crippen LogP contribution is -1.90. The molecule has 0 radical (unpaired) electrons. The predicted octanol–water partition coefficient (Wildman–Crippen LogP) is 4.21. The third-order valence-electron chi connectivity index (χ3n) is 3.02. The number of hydrogen-bond acceptors (Lipinski definition) is 4. The minimum absolute atomic E-state index is 0.207. The number of hydrogen-bond donors (Lipinski definition) is 1. The zero-order chi connectivity index (χ0) is 14.8. The third-order valence-corrected chi connectivity index (χ3v) is 3.19. The number of nitrogens with one attached hydrogen (secondary N) is 1. The molecule has 0 atom stereocenters. The van der Waals surface area contributed by atoms with Crippen LogP contribution in [0.1, 0.15) is 0 Å². The minimum atomic E-state index is -0.325. The van der Waals surface area contributed by atoms with E-state index in [0.29, 0.717) is 17.2 Å². The molecule has 0 unspecified atom stereocenters. The van der Waals surface area contributed by atoms with Gasteiger partial charge in [0.25, 0.3) is 4.84 Å². The van der Waals surface area contributed by atoms with Gasteiger partial charge in [0.2, 0.25) is 5.89 Å². The van der Waals surface area contributed by atoms with Crippen LogP contribution in [-0.2, 0) is 0 Å². The number of aromatic nitrogens is 2. The molecule has 0 saturated carbocycles. The van der Waals surface area contributed by atoms with E-state index in [0.717, 1.165) is 11.1 Å². The van der Waals surface area contributed by atoms with E-state index < -0.39 is 0 Å². The molecule has 0 saturated heterocycles. The first kappa shape index (κ1) is 13.5. The Morgan fingerprint density at radius 3 is 2.71 bits per heavy atom. The fourth-order valence-corrected chi connectivity index (χ4v) is 2.20. The van der Waals surface area contributed by atoms with E-state index in [4.69, 9.17) is 21.4 Å². The standard InChI is InChI=1S/C15H11FN2O2S/c1-19-13-6-5-11(16)8-12(13)9-3-2-4-10(7-9)14-17-18-15(21)20-14/h2-8H,1H3,(H,18,21). The SMILES string of the molecule is COc1ccc(F)cc1-c1cccc(-c2n[nH]c(=S)o2)c1. The van der Waals surface area contributed by atoms with E-state index >= 15 is 0 Å². The summed E-state index contributed by atoms with van der Waals surface area (Å²) in [6.07, 6.45) is 0. The van der Waals surface area contributed by atoms with Crippen LogP contribution in [0.3, 0.4) is 0 Å². The normalized spacial score (nSPS) is 10.6. The number of benzene rings is 2. The second kappa shape index (κ2) is 5.49. The minimum Gasteiger partial charge on any atom is -0.496 e. The fraction of sp³-hybridized carbons (Fsp3) is 0.0667. The van der Waals surface area contributed by atoms with Crippen LogP contribution < -0.4 is 4.74 Å². The van der Waals surface area contributed by atoms with Gasteiger partial charge in [0.15, 0.2) is 0 Å². The summed E-state index contributed by atoms with van der Waals surface area (Å²) in [5, 5.41) is 6.55. The van der Waals surface area contributed by atoms with Crippen molar-refractivity contribution in [3.63, 3.8) is 0 Å². The highest BCUT2D eigenvalue weighted by Gasteiger charge is 2.10. The zero-order valence-electron chi connectivity index (χ0n) is 11.1. The van der Waals surface area contributed by atoms with Crippen LogP contribution in [0.4, 0.5) is 4.39 Å². The maximum absolute atomic E-state index is 13.5. The van der Waals surface area contributed by atoms with Crippen molar-refractivity contribution < 1.29 is 13.5 Å². The molecule has 0 bridgehead atoms. The first-order valence-electron chi connectivity index (χ1n) is 6.17. The number of ether oxygens (including phenoxy) is 1. The van der Waals surface area contributed by atoms with Crippen LogP contribution in [0, 0.1) is 10.7 Å². The summed E-state index contributed by atoms with van der Waals surface area (Å²) in [4.78, 5) is 0.207. The molecule has 2 aromatic carbocycles. The van der Waals surface area contributed by atoms with Crippen molar-refractivity contribution in [2.24, 2.45) is 0 Å². The Kier molecular flexibility index (Phi) is 3.53. The Hall–Kier alpha value is -2.47. The Labute approximate surface area is 125 Å². The van der Waals surface area contributed by atoms with Gasteiger partial charge < -0.3 is 9.15 Å². The lowest BCUT2D eigenvalue weighted by molar-refractivity contribution is 0.415. The van der Waals surface area contributed by atoms with Crippen LogP contribution in [0.25, 0.3) is 22.6 Å². The molecule has 1 N–H and O–H groups in total. The highest BCUT2D eigenvalue weighted by atomic mass is 32.1. The first-order chi connectivity index (χ1) is 10.2. The van der Waals surface area contributed by atoms with Gasteiger partial charge in [0, 0.05) is 11.1 Å². The number of nitrogens with zero attached hydrogens (tertiary/aromatic N) is 1. The molecule has 1 aromatic heterocycles. The van der Waals surface area contributed by atoms with Gasteiger partial charge in [0.05, 0.1) is 7.11 Å². The number of halogens is 1. The van der Waals surface area contributed by atoms with E-state index in [1.54, 1.807) is 13.2 Å². The average Bonchev–Trinajstić information content (AvgIpc) is 2.94. The molecule has 21 heavy (non-hydrogen) atoms. The second-order valence-corrected chi connectivity index (χ2v) is 4.71. The quantitative estimate of drug-likeness (QED) is 0.736. The van der Waals surface area contributed by atoms with Crippen molar-refractivity contribution in [2.45, 2.75) is 0 Å². The average molecular weight is 302 g/mol. The summed E-state index contributed by atoms with van der Waals surface area (Å²) in [6.45, 7) is 0. The van der Waals surface area contributed by atoms with E-state index in [9.17, 15) is 4.39 Å². The van der Waals surface area contributed by atoms with Crippen molar-refractivity contribution >= 4 is 12.2 Å². The molecule has 0 aliphatic heterocycles. The van der Waals surface area contributed by atoms with E-state index in [1.165, 1.54) is 12.1 Å².